The Bertz CT molecular complexity index is 440. The summed E-state index contributed by atoms with van der Waals surface area (Å²) < 4.78 is 0. The zero-order chi connectivity index (χ0) is 25.3. The Balaban J connectivity index is 4.58. The molecule has 0 aromatic rings. The van der Waals surface area contributed by atoms with Gasteiger partial charge in [-0.1, -0.05) is 0 Å². The van der Waals surface area contributed by atoms with Gasteiger partial charge in [-0.3, -0.25) is 9.59 Å². The molecule has 0 aromatic carbocycles. The minimum absolute atomic E-state index is 0.108. The third kappa shape index (κ3) is 19.3. The summed E-state index contributed by atoms with van der Waals surface area (Å²) in [4.78, 5) is 25.8. The average Bonchev–Trinajstić information content (AvgIpc) is 2.84. The van der Waals surface area contributed by atoms with Gasteiger partial charge in [-0.15, -0.1) is 0 Å². The Morgan fingerprint density at radius 2 is 0.824 bits per heavy atom. The van der Waals surface area contributed by atoms with E-state index < -0.39 is 0 Å². The molecule has 0 rings (SSSR count). The number of rotatable bonds is 27. The number of ketones is 2. The highest BCUT2D eigenvalue weighted by Gasteiger charge is 2.22. The maximum absolute atomic E-state index is 12.9. The molecule has 10 nitrogen and oxygen atoms in total. The molecule has 2 atom stereocenters. The van der Waals surface area contributed by atoms with Crippen LogP contribution in [0.5, 0.6) is 0 Å². The van der Waals surface area contributed by atoms with Crippen LogP contribution in [0.1, 0.15) is 64.2 Å². The molecule has 2 unspecified atom stereocenters. The number of Topliss-reactive ketones (excluding diaryl/α,β-unsaturated/α-hetero) is 2. The van der Waals surface area contributed by atoms with Gasteiger partial charge in [-0.05, 0) is 117 Å². The highest BCUT2D eigenvalue weighted by atomic mass is 16.1. The van der Waals surface area contributed by atoms with E-state index in [1.165, 1.54) is 0 Å². The third-order valence-corrected chi connectivity index (χ3v) is 5.75. The SMILES string of the molecule is NCCCNCCCC(NCCCN)C(=O)CCC(=O)C(CCCNCCCN)NCCCN. The molecule has 0 radical (unpaired) electrons. The van der Waals surface area contributed by atoms with E-state index >= 15 is 0 Å². The van der Waals surface area contributed by atoms with E-state index in [-0.39, 0.29) is 36.5 Å². The van der Waals surface area contributed by atoms with Crippen molar-refractivity contribution in [3.05, 3.63) is 0 Å². The third-order valence-electron chi connectivity index (χ3n) is 5.75. The number of nitrogens with two attached hydrogens (primary N) is 4. The molecule has 0 amide bonds. The van der Waals surface area contributed by atoms with Gasteiger partial charge in [0.1, 0.15) is 11.6 Å². The number of carbonyl (C=O) groups is 2. The molecule has 34 heavy (non-hydrogen) atoms. The molecule has 0 aliphatic carbocycles. The molecule has 0 heterocycles. The van der Waals surface area contributed by atoms with Crippen LogP contribution in [0, 0.1) is 0 Å². The maximum atomic E-state index is 12.9. The molecule has 0 saturated heterocycles. The van der Waals surface area contributed by atoms with Crippen molar-refractivity contribution in [2.24, 2.45) is 22.9 Å². The van der Waals surface area contributed by atoms with Crippen molar-refractivity contribution >= 4 is 11.6 Å². The molecule has 10 heteroatoms. The fraction of sp³-hybridized carbons (Fsp3) is 0.917. The zero-order valence-electron chi connectivity index (χ0n) is 21.4. The lowest BCUT2D eigenvalue weighted by atomic mass is 9.97. The summed E-state index contributed by atoms with van der Waals surface area (Å²) in [5.74, 6) is 0.216. The van der Waals surface area contributed by atoms with Crippen molar-refractivity contribution in [3.8, 4) is 0 Å². The lowest BCUT2D eigenvalue weighted by Crippen LogP contribution is -2.41. The largest absolute Gasteiger partial charge is 0.330 e. The van der Waals surface area contributed by atoms with Crippen LogP contribution in [-0.4, -0.2) is 89.1 Å². The Morgan fingerprint density at radius 1 is 0.500 bits per heavy atom. The van der Waals surface area contributed by atoms with E-state index in [4.69, 9.17) is 22.9 Å². The van der Waals surface area contributed by atoms with Gasteiger partial charge in [-0.2, -0.15) is 0 Å². The van der Waals surface area contributed by atoms with E-state index in [1.54, 1.807) is 0 Å². The molecule has 0 saturated carbocycles. The van der Waals surface area contributed by atoms with Crippen LogP contribution in [0.4, 0.5) is 0 Å². The van der Waals surface area contributed by atoms with Gasteiger partial charge in [0, 0.05) is 12.8 Å². The molecule has 202 valence electrons. The van der Waals surface area contributed by atoms with Crippen molar-refractivity contribution in [2.45, 2.75) is 76.3 Å². The number of hydrogen-bond acceptors (Lipinski definition) is 10. The second-order valence-corrected chi connectivity index (χ2v) is 8.80. The Morgan fingerprint density at radius 3 is 1.18 bits per heavy atom. The smallest absolute Gasteiger partial charge is 0.150 e. The molecule has 0 bridgehead atoms. The van der Waals surface area contributed by atoms with Crippen LogP contribution in [0.2, 0.25) is 0 Å². The fourth-order valence-corrected chi connectivity index (χ4v) is 3.67. The van der Waals surface area contributed by atoms with Crippen molar-refractivity contribution < 1.29 is 9.59 Å². The first-order valence-corrected chi connectivity index (χ1v) is 13.3. The molecular formula is C24H54N8O2. The lowest BCUT2D eigenvalue weighted by molar-refractivity contribution is -0.126. The quantitative estimate of drug-likeness (QED) is 0.0666. The predicted octanol–water partition coefficient (Wildman–Crippen LogP) is -1.04. The van der Waals surface area contributed by atoms with Gasteiger partial charge in [0.25, 0.3) is 0 Å². The average molecular weight is 487 g/mol. The second-order valence-electron chi connectivity index (χ2n) is 8.80. The normalized spacial score (nSPS) is 13.2. The van der Waals surface area contributed by atoms with Crippen LogP contribution in [0.15, 0.2) is 0 Å². The van der Waals surface area contributed by atoms with Gasteiger partial charge < -0.3 is 44.2 Å². The maximum Gasteiger partial charge on any atom is 0.150 e. The topological polar surface area (TPSA) is 186 Å². The highest BCUT2D eigenvalue weighted by Crippen LogP contribution is 2.08. The summed E-state index contributed by atoms with van der Waals surface area (Å²) in [6.07, 6.45) is 7.36. The molecular weight excluding hydrogens is 432 g/mol. The van der Waals surface area contributed by atoms with Crippen LogP contribution in [-0.2, 0) is 9.59 Å². The summed E-state index contributed by atoms with van der Waals surface area (Å²) in [6.45, 7) is 7.45. The van der Waals surface area contributed by atoms with Crippen molar-refractivity contribution in [2.75, 3.05) is 65.4 Å². The molecule has 0 fully saturated rings. The predicted molar refractivity (Wildman–Crippen MR) is 142 cm³/mol. The van der Waals surface area contributed by atoms with Crippen molar-refractivity contribution in [1.29, 1.82) is 0 Å². The lowest BCUT2D eigenvalue weighted by Gasteiger charge is -2.20. The molecule has 0 aliphatic rings. The Kier molecular flexibility index (Phi) is 24.4. The standard InChI is InChI=1S/C24H54N8O2/c25-11-3-17-29-15-1-7-21(31-19-5-13-27)23(33)9-10-24(34)22(32-20-6-14-28)8-2-16-30-18-4-12-26/h21-22,29-32H,1-20,25-28H2. The second kappa shape index (κ2) is 25.1. The van der Waals surface area contributed by atoms with Crippen LogP contribution < -0.4 is 44.2 Å². The summed E-state index contributed by atoms with van der Waals surface area (Å²) in [5, 5.41) is 13.4. The van der Waals surface area contributed by atoms with E-state index in [0.717, 1.165) is 77.5 Å². The van der Waals surface area contributed by atoms with Crippen LogP contribution in [0.3, 0.4) is 0 Å². The zero-order valence-corrected chi connectivity index (χ0v) is 21.4. The van der Waals surface area contributed by atoms with Gasteiger partial charge in [0.2, 0.25) is 0 Å². The highest BCUT2D eigenvalue weighted by molar-refractivity contribution is 5.91. The Hall–Kier alpha value is -0.980. The van der Waals surface area contributed by atoms with Gasteiger partial charge in [0.15, 0.2) is 0 Å². The minimum atomic E-state index is -0.231. The van der Waals surface area contributed by atoms with E-state index in [2.05, 4.69) is 21.3 Å². The van der Waals surface area contributed by atoms with E-state index in [9.17, 15) is 9.59 Å². The van der Waals surface area contributed by atoms with Crippen LogP contribution in [0.25, 0.3) is 0 Å². The van der Waals surface area contributed by atoms with Crippen molar-refractivity contribution in [3.63, 3.8) is 0 Å². The van der Waals surface area contributed by atoms with Crippen LogP contribution >= 0.6 is 0 Å². The summed E-state index contributed by atoms with van der Waals surface area (Å²) in [5.41, 5.74) is 22.2. The fourth-order valence-electron chi connectivity index (χ4n) is 3.67. The van der Waals surface area contributed by atoms with E-state index in [0.29, 0.717) is 39.3 Å². The summed E-state index contributed by atoms with van der Waals surface area (Å²) >= 11 is 0. The van der Waals surface area contributed by atoms with Gasteiger partial charge >= 0.3 is 0 Å². The first kappa shape index (κ1) is 33.0. The first-order valence-electron chi connectivity index (χ1n) is 13.3. The number of hydrogen-bond donors (Lipinski definition) is 8. The Labute approximate surface area is 207 Å². The number of nitrogens with one attached hydrogen (secondary N) is 4. The monoisotopic (exact) mass is 486 g/mol. The number of carbonyl (C=O) groups excluding carboxylic acids is 2. The summed E-state index contributed by atoms with van der Waals surface area (Å²) in [7, 11) is 0. The molecule has 0 spiro atoms. The minimum Gasteiger partial charge on any atom is -0.330 e. The van der Waals surface area contributed by atoms with Gasteiger partial charge in [-0.25, -0.2) is 0 Å². The molecule has 12 N–H and O–H groups in total. The van der Waals surface area contributed by atoms with E-state index in [1.807, 2.05) is 0 Å². The molecule has 0 aliphatic heterocycles. The van der Waals surface area contributed by atoms with Crippen molar-refractivity contribution in [1.82, 2.24) is 21.3 Å². The molecule has 0 aromatic heterocycles. The first-order chi connectivity index (χ1) is 16.6. The van der Waals surface area contributed by atoms with Gasteiger partial charge in [0.05, 0.1) is 12.1 Å². The summed E-state index contributed by atoms with van der Waals surface area (Å²) in [6, 6.07) is -0.461.